The molecule has 1 aromatic carbocycles. The van der Waals surface area contributed by atoms with Crippen LogP contribution in [0.15, 0.2) is 35.8 Å². The Kier molecular flexibility index (Phi) is 4.01. The second-order valence-corrected chi connectivity index (χ2v) is 5.51. The number of pyridine rings is 1. The highest BCUT2D eigenvalue weighted by Crippen LogP contribution is 2.27. The third kappa shape index (κ3) is 2.97. The number of methoxy groups -OCH3 is 1. The van der Waals surface area contributed by atoms with Gasteiger partial charge in [-0.15, -0.1) is 11.3 Å². The highest BCUT2D eigenvalue weighted by atomic mass is 32.1. The van der Waals surface area contributed by atoms with Crippen LogP contribution in [0, 0.1) is 0 Å². The number of nitrogens with zero attached hydrogens (tertiary/aromatic N) is 2. The van der Waals surface area contributed by atoms with E-state index in [-0.39, 0.29) is 0 Å². The SMILES string of the molecule is CCc1nc(COc2ccnc3cc(OC)ccc23)cs1. The summed E-state index contributed by atoms with van der Waals surface area (Å²) in [7, 11) is 1.65. The first-order valence-electron chi connectivity index (χ1n) is 6.79. The minimum atomic E-state index is 0.474. The molecule has 0 unspecified atom stereocenters. The van der Waals surface area contributed by atoms with Gasteiger partial charge < -0.3 is 9.47 Å². The molecule has 0 saturated carbocycles. The number of fused-ring (bicyclic) bond motifs is 1. The highest BCUT2D eigenvalue weighted by Gasteiger charge is 2.06. The van der Waals surface area contributed by atoms with Crippen LogP contribution in [-0.2, 0) is 13.0 Å². The fourth-order valence-corrected chi connectivity index (χ4v) is 2.81. The lowest BCUT2D eigenvalue weighted by atomic mass is 10.2. The maximum Gasteiger partial charge on any atom is 0.131 e. The van der Waals surface area contributed by atoms with E-state index in [4.69, 9.17) is 9.47 Å². The Balaban J connectivity index is 1.83. The minimum Gasteiger partial charge on any atom is -0.497 e. The number of ether oxygens (including phenoxy) is 2. The maximum atomic E-state index is 5.90. The number of benzene rings is 1. The summed E-state index contributed by atoms with van der Waals surface area (Å²) in [4.78, 5) is 8.86. The van der Waals surface area contributed by atoms with Crippen molar-refractivity contribution in [3.05, 3.63) is 46.5 Å². The molecule has 0 bridgehead atoms. The number of hydrogen-bond acceptors (Lipinski definition) is 5. The van der Waals surface area contributed by atoms with E-state index in [1.54, 1.807) is 24.6 Å². The van der Waals surface area contributed by atoms with Gasteiger partial charge in [-0.2, -0.15) is 0 Å². The number of aryl methyl sites for hydroxylation is 1. The normalized spacial score (nSPS) is 10.8. The Morgan fingerprint density at radius 3 is 2.90 bits per heavy atom. The smallest absolute Gasteiger partial charge is 0.131 e. The molecule has 0 radical (unpaired) electrons. The van der Waals surface area contributed by atoms with Crippen molar-refractivity contribution >= 4 is 22.2 Å². The van der Waals surface area contributed by atoms with Crippen LogP contribution in [0.1, 0.15) is 17.6 Å². The molecule has 0 aliphatic heterocycles. The van der Waals surface area contributed by atoms with E-state index in [0.29, 0.717) is 6.61 Å². The van der Waals surface area contributed by atoms with Crippen LogP contribution >= 0.6 is 11.3 Å². The highest BCUT2D eigenvalue weighted by molar-refractivity contribution is 7.09. The molecule has 5 heteroatoms. The van der Waals surface area contributed by atoms with Crippen LogP contribution in [-0.4, -0.2) is 17.1 Å². The van der Waals surface area contributed by atoms with Gasteiger partial charge in [0.05, 0.1) is 23.3 Å². The topological polar surface area (TPSA) is 44.2 Å². The Hall–Kier alpha value is -2.14. The van der Waals surface area contributed by atoms with Gasteiger partial charge in [0.1, 0.15) is 18.1 Å². The molecule has 0 saturated heterocycles. The first kappa shape index (κ1) is 13.8. The summed E-state index contributed by atoms with van der Waals surface area (Å²) in [6.45, 7) is 2.58. The predicted octanol–water partition coefficient (Wildman–Crippen LogP) is 3.84. The van der Waals surface area contributed by atoms with Gasteiger partial charge in [0.2, 0.25) is 0 Å². The molecule has 4 nitrogen and oxygen atoms in total. The average molecular weight is 300 g/mol. The summed E-state index contributed by atoms with van der Waals surface area (Å²) >= 11 is 1.67. The van der Waals surface area contributed by atoms with Crippen molar-refractivity contribution in [1.29, 1.82) is 0 Å². The van der Waals surface area contributed by atoms with Gasteiger partial charge in [-0.25, -0.2) is 4.98 Å². The van der Waals surface area contributed by atoms with Gasteiger partial charge in [-0.1, -0.05) is 6.92 Å². The van der Waals surface area contributed by atoms with Gasteiger partial charge in [0.15, 0.2) is 0 Å². The molecule has 0 aliphatic rings. The lowest BCUT2D eigenvalue weighted by Gasteiger charge is -2.08. The molecule has 0 spiro atoms. The second kappa shape index (κ2) is 6.10. The van der Waals surface area contributed by atoms with E-state index in [9.17, 15) is 0 Å². The summed E-state index contributed by atoms with van der Waals surface area (Å²) < 4.78 is 11.1. The van der Waals surface area contributed by atoms with E-state index >= 15 is 0 Å². The largest absolute Gasteiger partial charge is 0.497 e. The monoisotopic (exact) mass is 300 g/mol. The molecule has 2 heterocycles. The van der Waals surface area contributed by atoms with Gasteiger partial charge >= 0.3 is 0 Å². The molecule has 0 aliphatic carbocycles. The van der Waals surface area contributed by atoms with Crippen LogP contribution in [0.2, 0.25) is 0 Å². The summed E-state index contributed by atoms with van der Waals surface area (Å²) in [6.07, 6.45) is 2.71. The van der Waals surface area contributed by atoms with Gasteiger partial charge in [0, 0.05) is 23.0 Å². The van der Waals surface area contributed by atoms with Crippen LogP contribution in [0.5, 0.6) is 11.5 Å². The molecule has 0 atom stereocenters. The first-order chi connectivity index (χ1) is 10.3. The molecule has 108 valence electrons. The zero-order valence-electron chi connectivity index (χ0n) is 12.0. The van der Waals surface area contributed by atoms with Crippen LogP contribution < -0.4 is 9.47 Å². The van der Waals surface area contributed by atoms with Crippen molar-refractivity contribution in [3.8, 4) is 11.5 Å². The Morgan fingerprint density at radius 1 is 1.24 bits per heavy atom. The number of thiazole rings is 1. The van der Waals surface area contributed by atoms with Gasteiger partial charge in [-0.05, 0) is 24.6 Å². The number of hydrogen-bond donors (Lipinski definition) is 0. The van der Waals surface area contributed by atoms with Crippen molar-refractivity contribution < 1.29 is 9.47 Å². The Bertz CT molecular complexity index is 755. The van der Waals surface area contributed by atoms with E-state index < -0.39 is 0 Å². The fraction of sp³-hybridized carbons (Fsp3) is 0.250. The Morgan fingerprint density at radius 2 is 2.14 bits per heavy atom. The van der Waals surface area contributed by atoms with E-state index in [1.807, 2.05) is 29.6 Å². The third-order valence-electron chi connectivity index (χ3n) is 3.19. The molecular weight excluding hydrogens is 284 g/mol. The van der Waals surface area contributed by atoms with Crippen molar-refractivity contribution in [2.75, 3.05) is 7.11 Å². The van der Waals surface area contributed by atoms with Gasteiger partial charge in [0.25, 0.3) is 0 Å². The van der Waals surface area contributed by atoms with Crippen LogP contribution in [0.3, 0.4) is 0 Å². The fourth-order valence-electron chi connectivity index (χ4n) is 2.08. The van der Waals surface area contributed by atoms with E-state index in [1.165, 1.54) is 0 Å². The summed E-state index contributed by atoms with van der Waals surface area (Å²) in [6, 6.07) is 7.66. The number of rotatable bonds is 5. The van der Waals surface area contributed by atoms with E-state index in [2.05, 4.69) is 16.9 Å². The average Bonchev–Trinajstić information content (AvgIpc) is 3.00. The van der Waals surface area contributed by atoms with Crippen molar-refractivity contribution in [2.45, 2.75) is 20.0 Å². The molecule has 3 rings (SSSR count). The van der Waals surface area contributed by atoms with Crippen LogP contribution in [0.25, 0.3) is 10.9 Å². The lowest BCUT2D eigenvalue weighted by molar-refractivity contribution is 0.305. The lowest BCUT2D eigenvalue weighted by Crippen LogP contribution is -1.97. The molecule has 0 N–H and O–H groups in total. The molecule has 0 amide bonds. The van der Waals surface area contributed by atoms with Crippen molar-refractivity contribution in [1.82, 2.24) is 9.97 Å². The molecule has 2 aromatic heterocycles. The summed E-state index contributed by atoms with van der Waals surface area (Å²) in [5.74, 6) is 1.60. The molecular formula is C16H16N2O2S. The molecule has 21 heavy (non-hydrogen) atoms. The number of aromatic nitrogens is 2. The Labute approximate surface area is 127 Å². The summed E-state index contributed by atoms with van der Waals surface area (Å²) in [5, 5.41) is 4.16. The van der Waals surface area contributed by atoms with Gasteiger partial charge in [-0.3, -0.25) is 4.98 Å². The predicted molar refractivity (Wildman–Crippen MR) is 84.1 cm³/mol. The summed E-state index contributed by atoms with van der Waals surface area (Å²) in [5.41, 5.74) is 1.83. The molecule has 3 aromatic rings. The minimum absolute atomic E-state index is 0.474. The standard InChI is InChI=1S/C16H16N2O2S/c1-3-16-18-11(10-21-16)9-20-15-6-7-17-14-8-12(19-2)4-5-13(14)15/h4-8,10H,3,9H2,1-2H3. The maximum absolute atomic E-state index is 5.90. The van der Waals surface area contributed by atoms with Crippen molar-refractivity contribution in [3.63, 3.8) is 0 Å². The zero-order chi connectivity index (χ0) is 14.7. The van der Waals surface area contributed by atoms with Crippen molar-refractivity contribution in [2.24, 2.45) is 0 Å². The first-order valence-corrected chi connectivity index (χ1v) is 7.67. The zero-order valence-corrected chi connectivity index (χ0v) is 12.8. The third-order valence-corrected chi connectivity index (χ3v) is 4.23. The van der Waals surface area contributed by atoms with Crippen LogP contribution in [0.4, 0.5) is 0 Å². The molecule has 0 fully saturated rings. The quantitative estimate of drug-likeness (QED) is 0.718. The van der Waals surface area contributed by atoms with E-state index in [0.717, 1.165) is 39.5 Å². The second-order valence-electron chi connectivity index (χ2n) is 4.57.